The van der Waals surface area contributed by atoms with Crippen molar-refractivity contribution < 1.29 is 14.6 Å². The lowest BCUT2D eigenvalue weighted by molar-refractivity contribution is -0.130. The molecule has 0 saturated heterocycles. The van der Waals surface area contributed by atoms with E-state index in [0.29, 0.717) is 42.8 Å². The highest BCUT2D eigenvalue weighted by atomic mass is 16.5. The van der Waals surface area contributed by atoms with E-state index < -0.39 is 5.60 Å². The van der Waals surface area contributed by atoms with Crippen LogP contribution in [-0.4, -0.2) is 38.1 Å². The summed E-state index contributed by atoms with van der Waals surface area (Å²) in [5.41, 5.74) is 3.84. The fraction of sp³-hybridized carbons (Fsp3) is 0.393. The van der Waals surface area contributed by atoms with Gasteiger partial charge in [0, 0.05) is 36.0 Å². The van der Waals surface area contributed by atoms with Crippen LogP contribution in [0.1, 0.15) is 56.4 Å². The Morgan fingerprint density at radius 3 is 2.74 bits per heavy atom. The number of nitrogens with zero attached hydrogens (tertiary/aromatic N) is 3. The summed E-state index contributed by atoms with van der Waals surface area (Å²) in [5.74, 6) is 0.307. The molecule has 0 spiro atoms. The van der Waals surface area contributed by atoms with Crippen molar-refractivity contribution >= 4 is 16.8 Å². The predicted molar refractivity (Wildman–Crippen MR) is 135 cm³/mol. The van der Waals surface area contributed by atoms with Crippen LogP contribution < -0.4 is 5.56 Å². The van der Waals surface area contributed by atoms with Gasteiger partial charge in [-0.1, -0.05) is 31.7 Å². The quantitative estimate of drug-likeness (QED) is 0.476. The molecular weight excluding hydrogens is 442 g/mol. The van der Waals surface area contributed by atoms with E-state index in [1.807, 2.05) is 49.9 Å². The van der Waals surface area contributed by atoms with E-state index in [-0.39, 0.29) is 29.9 Å². The van der Waals surface area contributed by atoms with Gasteiger partial charge in [-0.15, -0.1) is 0 Å². The molecule has 7 heteroatoms. The van der Waals surface area contributed by atoms with E-state index in [9.17, 15) is 14.7 Å². The second kappa shape index (κ2) is 8.34. The number of aliphatic hydroxyl groups is 1. The summed E-state index contributed by atoms with van der Waals surface area (Å²) < 4.78 is 7.35. The van der Waals surface area contributed by atoms with Crippen LogP contribution in [0.2, 0.25) is 0 Å². The van der Waals surface area contributed by atoms with Crippen molar-refractivity contribution in [3.8, 4) is 11.4 Å². The van der Waals surface area contributed by atoms with Crippen LogP contribution in [0.4, 0.5) is 0 Å². The van der Waals surface area contributed by atoms with Crippen LogP contribution in [0, 0.1) is 0 Å². The Kier molecular flexibility index (Phi) is 5.55. The summed E-state index contributed by atoms with van der Waals surface area (Å²) in [7, 11) is 0. The third-order valence-corrected chi connectivity index (χ3v) is 7.51. The minimum Gasteiger partial charge on any atom is -0.490 e. The van der Waals surface area contributed by atoms with E-state index in [4.69, 9.17) is 9.72 Å². The normalized spacial score (nSPS) is 18.3. The van der Waals surface area contributed by atoms with Crippen LogP contribution in [0.5, 0.6) is 0 Å². The fourth-order valence-electron chi connectivity index (χ4n) is 5.52. The fourth-order valence-corrected chi connectivity index (χ4v) is 5.52. The molecule has 0 radical (unpaired) electrons. The Bertz CT molecular complexity index is 1440. The highest BCUT2D eigenvalue weighted by molar-refractivity contribution is 5.88. The number of aromatic nitrogens is 2. The van der Waals surface area contributed by atoms with Crippen molar-refractivity contribution in [2.75, 3.05) is 6.54 Å². The molecule has 7 nitrogen and oxygen atoms in total. The van der Waals surface area contributed by atoms with Crippen LogP contribution in [0.3, 0.4) is 0 Å². The molecule has 1 N–H and O–H groups in total. The van der Waals surface area contributed by atoms with Crippen molar-refractivity contribution in [1.29, 1.82) is 0 Å². The van der Waals surface area contributed by atoms with Gasteiger partial charge < -0.3 is 19.3 Å². The Balaban J connectivity index is 1.70. The highest BCUT2D eigenvalue weighted by Crippen LogP contribution is 2.42. The van der Waals surface area contributed by atoms with Gasteiger partial charge in [-0.25, -0.2) is 4.98 Å². The topological polar surface area (TPSA) is 84.7 Å². The number of para-hydroxylation sites is 1. The summed E-state index contributed by atoms with van der Waals surface area (Å²) in [6.07, 6.45) is 1.01. The molecular formula is C28H31N3O4. The molecule has 1 aromatic carbocycles. The van der Waals surface area contributed by atoms with Gasteiger partial charge in [0.2, 0.25) is 5.91 Å². The molecule has 1 amide bonds. The lowest BCUT2D eigenvalue weighted by atomic mass is 9.84. The highest BCUT2D eigenvalue weighted by Gasteiger charge is 2.41. The van der Waals surface area contributed by atoms with Crippen LogP contribution in [-0.2, 0) is 34.7 Å². The summed E-state index contributed by atoms with van der Waals surface area (Å²) in [4.78, 5) is 32.6. The minimum absolute atomic E-state index is 0.0428. The van der Waals surface area contributed by atoms with Gasteiger partial charge in [-0.2, -0.15) is 0 Å². The first-order valence-corrected chi connectivity index (χ1v) is 12.2. The van der Waals surface area contributed by atoms with Gasteiger partial charge in [0.25, 0.3) is 5.56 Å². The number of carbonyl (C=O) groups is 1. The number of pyridine rings is 2. The average Bonchev–Trinajstić information content (AvgIpc) is 3.19. The SMILES string of the molecule is C=C1OCc2c(cc3n(c2=O)Cc2c-3nc3ccccc3c2CCN(C(C)=O)C(C)C)[C@@]1(O)CC. The molecule has 4 heterocycles. The first-order chi connectivity index (χ1) is 16.7. The number of benzene rings is 1. The lowest BCUT2D eigenvalue weighted by Crippen LogP contribution is -2.38. The third-order valence-electron chi connectivity index (χ3n) is 7.51. The summed E-state index contributed by atoms with van der Waals surface area (Å²) in [6, 6.07) is 9.95. The zero-order chi connectivity index (χ0) is 25.1. The number of fused-ring (bicyclic) bond motifs is 5. The Morgan fingerprint density at radius 1 is 1.31 bits per heavy atom. The van der Waals surface area contributed by atoms with Crippen molar-refractivity contribution in [2.45, 2.75) is 65.3 Å². The molecule has 1 atom stereocenters. The Morgan fingerprint density at radius 2 is 2.06 bits per heavy atom. The smallest absolute Gasteiger partial charge is 0.258 e. The van der Waals surface area contributed by atoms with Gasteiger partial charge in [-0.05, 0) is 44.4 Å². The van der Waals surface area contributed by atoms with E-state index in [1.54, 1.807) is 11.5 Å². The van der Waals surface area contributed by atoms with Crippen molar-refractivity contribution in [3.63, 3.8) is 0 Å². The molecule has 2 aliphatic rings. The van der Waals surface area contributed by atoms with Gasteiger partial charge in [-0.3, -0.25) is 9.59 Å². The molecule has 0 saturated carbocycles. The van der Waals surface area contributed by atoms with Crippen LogP contribution >= 0.6 is 0 Å². The number of amides is 1. The summed E-state index contributed by atoms with van der Waals surface area (Å²) >= 11 is 0. The van der Waals surface area contributed by atoms with Gasteiger partial charge in [0.05, 0.1) is 29.0 Å². The monoisotopic (exact) mass is 473 g/mol. The molecule has 5 rings (SSSR count). The molecule has 182 valence electrons. The number of hydrogen-bond acceptors (Lipinski definition) is 5. The van der Waals surface area contributed by atoms with Gasteiger partial charge >= 0.3 is 0 Å². The first-order valence-electron chi connectivity index (χ1n) is 12.2. The van der Waals surface area contributed by atoms with Gasteiger partial charge in [0.1, 0.15) is 18.0 Å². The largest absolute Gasteiger partial charge is 0.490 e. The van der Waals surface area contributed by atoms with E-state index >= 15 is 0 Å². The number of carbonyl (C=O) groups excluding carboxylic acids is 1. The molecule has 35 heavy (non-hydrogen) atoms. The first kappa shape index (κ1) is 23.3. The standard InChI is InChI=1S/C28H31N3O4/c1-6-28(34)17(4)35-15-22-23(28)13-25-26-21(14-31(25)27(22)33)19(11-12-30(16(2)3)18(5)32)20-9-7-8-10-24(20)29-26/h7-10,13,16,34H,4,6,11-12,14-15H2,1-3,5H3/t28-/m1/s1. The second-order valence-corrected chi connectivity index (χ2v) is 9.73. The maximum absolute atomic E-state index is 13.6. The van der Waals surface area contributed by atoms with E-state index in [0.717, 1.165) is 27.7 Å². The molecule has 0 unspecified atom stereocenters. The molecule has 3 aromatic rings. The number of hydrogen-bond donors (Lipinski definition) is 1. The maximum Gasteiger partial charge on any atom is 0.258 e. The van der Waals surface area contributed by atoms with E-state index in [1.165, 1.54) is 0 Å². The lowest BCUT2D eigenvalue weighted by Gasteiger charge is -2.35. The molecule has 0 aliphatic carbocycles. The second-order valence-electron chi connectivity index (χ2n) is 9.73. The zero-order valence-electron chi connectivity index (χ0n) is 20.7. The average molecular weight is 474 g/mol. The molecule has 2 aromatic heterocycles. The molecule has 2 aliphatic heterocycles. The van der Waals surface area contributed by atoms with Gasteiger partial charge in [0.15, 0.2) is 0 Å². The Labute approximate surface area is 204 Å². The van der Waals surface area contributed by atoms with Crippen LogP contribution in [0.15, 0.2) is 47.5 Å². The zero-order valence-corrected chi connectivity index (χ0v) is 20.7. The molecule has 0 fully saturated rings. The predicted octanol–water partition coefficient (Wildman–Crippen LogP) is 3.87. The number of rotatable bonds is 5. The molecule has 0 bridgehead atoms. The van der Waals surface area contributed by atoms with E-state index in [2.05, 4.69) is 12.6 Å². The third kappa shape index (κ3) is 3.48. The summed E-state index contributed by atoms with van der Waals surface area (Å²) in [5, 5.41) is 12.4. The Hall–Kier alpha value is -3.45. The van der Waals surface area contributed by atoms with Crippen molar-refractivity contribution in [3.05, 3.63) is 75.3 Å². The number of ether oxygens (including phenoxy) is 1. The van der Waals surface area contributed by atoms with Crippen molar-refractivity contribution in [1.82, 2.24) is 14.5 Å². The maximum atomic E-state index is 13.6. The summed E-state index contributed by atoms with van der Waals surface area (Å²) in [6.45, 7) is 12.5. The van der Waals surface area contributed by atoms with Crippen LogP contribution in [0.25, 0.3) is 22.3 Å². The minimum atomic E-state index is -1.41. The van der Waals surface area contributed by atoms with Crippen molar-refractivity contribution in [2.24, 2.45) is 0 Å².